The van der Waals surface area contributed by atoms with Crippen LogP contribution in [0.15, 0.2) is 0 Å². The molecule has 0 saturated heterocycles. The van der Waals surface area contributed by atoms with Gasteiger partial charge in [0.25, 0.3) is 0 Å². The Kier molecular flexibility index (Phi) is 8.60. The molecule has 0 bridgehead atoms. The van der Waals surface area contributed by atoms with Gasteiger partial charge in [-0.3, -0.25) is 14.4 Å². The summed E-state index contributed by atoms with van der Waals surface area (Å²) in [6, 6.07) is -0.611. The Bertz CT molecular complexity index is 874. The first-order valence-corrected chi connectivity index (χ1v) is 15.1. The lowest BCUT2D eigenvalue weighted by molar-refractivity contribution is -0.169. The van der Waals surface area contributed by atoms with Crippen molar-refractivity contribution in [2.24, 2.45) is 58.0 Å². The van der Waals surface area contributed by atoms with Gasteiger partial charge in [-0.2, -0.15) is 0 Å². The van der Waals surface area contributed by atoms with Gasteiger partial charge in [0, 0.05) is 12.3 Å². The average molecular weight is 518 g/mol. The van der Waals surface area contributed by atoms with Crippen molar-refractivity contribution in [1.82, 2.24) is 0 Å². The van der Waals surface area contributed by atoms with Crippen molar-refractivity contribution in [3.8, 4) is 0 Å². The Labute approximate surface area is 223 Å². The lowest BCUT2D eigenvalue weighted by Gasteiger charge is -2.61. The molecule has 11 atom stereocenters. The second-order valence-electron chi connectivity index (χ2n) is 13.7. The summed E-state index contributed by atoms with van der Waals surface area (Å²) >= 11 is 0. The molecule has 0 aromatic heterocycles. The minimum Gasteiger partial charge on any atom is -0.462 e. The van der Waals surface area contributed by atoms with Crippen molar-refractivity contribution >= 4 is 17.5 Å². The molecule has 1 unspecified atom stereocenters. The number of carbonyl (C=O) groups is 3. The standard InChI is InChI=1S/C31H51NO5/c1-6-18(2)28(32)27(35)15-20(17-33)29(36)37-22-11-13-30(4)21(16-22)7-8-23-25-10-9-24(19(3)34)31(25,5)14-12-26(23)30/h18,20-26,28,33H,6-17,32H2,1-5H3/t18?,20-,21-,22+,23-,24+,25-,26-,28-,30-,31+/m0/s1. The smallest absolute Gasteiger partial charge is 0.311 e. The first-order chi connectivity index (χ1) is 17.5. The SMILES string of the molecule is CCC(C)[C@H](N)C(=O)C[C@@H](CO)C(=O)O[C@@H]1CC[C@@]2(C)[C@@H](CC[C@@H]3[C@@H]2CC[C@]2(C)[C@@H](C(C)=O)CC[C@@H]32)C1. The number of rotatable bonds is 9. The Morgan fingerprint density at radius 3 is 2.32 bits per heavy atom. The number of carbonyl (C=O) groups excluding carboxylic acids is 3. The highest BCUT2D eigenvalue weighted by atomic mass is 16.5. The van der Waals surface area contributed by atoms with Crippen LogP contribution in [-0.4, -0.2) is 41.4 Å². The van der Waals surface area contributed by atoms with E-state index in [0.717, 1.165) is 44.9 Å². The monoisotopic (exact) mass is 517 g/mol. The maximum atomic E-state index is 13.0. The Morgan fingerprint density at radius 2 is 1.68 bits per heavy atom. The van der Waals surface area contributed by atoms with E-state index in [0.29, 0.717) is 29.5 Å². The predicted molar refractivity (Wildman–Crippen MR) is 143 cm³/mol. The average Bonchev–Trinajstić information content (AvgIpc) is 3.23. The summed E-state index contributed by atoms with van der Waals surface area (Å²) in [4.78, 5) is 37.9. The van der Waals surface area contributed by atoms with Gasteiger partial charge in [0.15, 0.2) is 5.78 Å². The predicted octanol–water partition coefficient (Wildman–Crippen LogP) is 5.09. The van der Waals surface area contributed by atoms with E-state index in [2.05, 4.69) is 13.8 Å². The second kappa shape index (κ2) is 11.1. The Hall–Kier alpha value is -1.27. The summed E-state index contributed by atoms with van der Waals surface area (Å²) < 4.78 is 5.94. The molecule has 4 aliphatic carbocycles. The summed E-state index contributed by atoms with van der Waals surface area (Å²) in [6.07, 6.45) is 10.4. The number of ether oxygens (including phenoxy) is 1. The highest BCUT2D eigenvalue weighted by Crippen LogP contribution is 2.67. The molecule has 4 aliphatic rings. The molecule has 210 valence electrons. The van der Waals surface area contributed by atoms with Gasteiger partial charge in [-0.25, -0.2) is 0 Å². The largest absolute Gasteiger partial charge is 0.462 e. The fourth-order valence-corrected chi connectivity index (χ4v) is 9.43. The van der Waals surface area contributed by atoms with Crippen molar-refractivity contribution in [2.45, 2.75) is 117 Å². The highest BCUT2D eigenvalue weighted by Gasteiger charge is 2.61. The molecule has 6 heteroatoms. The number of fused-ring (bicyclic) bond motifs is 5. The summed E-state index contributed by atoms with van der Waals surface area (Å²) in [5.41, 5.74) is 6.50. The van der Waals surface area contributed by atoms with E-state index in [9.17, 15) is 19.5 Å². The first-order valence-electron chi connectivity index (χ1n) is 15.1. The van der Waals surface area contributed by atoms with Crippen LogP contribution in [0.4, 0.5) is 0 Å². The first kappa shape index (κ1) is 28.7. The van der Waals surface area contributed by atoms with Crippen LogP contribution in [0.25, 0.3) is 0 Å². The molecule has 0 spiro atoms. The zero-order valence-electron chi connectivity index (χ0n) is 23.8. The molecular formula is C31H51NO5. The van der Waals surface area contributed by atoms with Crippen molar-refractivity contribution in [2.75, 3.05) is 6.61 Å². The van der Waals surface area contributed by atoms with E-state index in [-0.39, 0.29) is 41.0 Å². The summed E-state index contributed by atoms with van der Waals surface area (Å²) in [5.74, 6) is 1.80. The molecule has 37 heavy (non-hydrogen) atoms. The van der Waals surface area contributed by atoms with E-state index in [1.54, 1.807) is 6.92 Å². The molecule has 3 N–H and O–H groups in total. The van der Waals surface area contributed by atoms with Gasteiger partial charge in [-0.1, -0.05) is 34.1 Å². The van der Waals surface area contributed by atoms with Crippen LogP contribution in [0.3, 0.4) is 0 Å². The fraction of sp³-hybridized carbons (Fsp3) is 0.903. The van der Waals surface area contributed by atoms with E-state index in [1.807, 2.05) is 13.8 Å². The van der Waals surface area contributed by atoms with Gasteiger partial charge >= 0.3 is 5.97 Å². The van der Waals surface area contributed by atoms with E-state index in [4.69, 9.17) is 10.5 Å². The van der Waals surface area contributed by atoms with Crippen LogP contribution >= 0.6 is 0 Å². The molecular weight excluding hydrogens is 466 g/mol. The lowest BCUT2D eigenvalue weighted by Crippen LogP contribution is -2.54. The van der Waals surface area contributed by atoms with Crippen LogP contribution in [0, 0.1) is 52.3 Å². The van der Waals surface area contributed by atoms with Crippen molar-refractivity contribution < 1.29 is 24.2 Å². The third-order valence-electron chi connectivity index (χ3n) is 12.0. The minimum absolute atomic E-state index is 0.0456. The van der Waals surface area contributed by atoms with Crippen molar-refractivity contribution in [1.29, 1.82) is 0 Å². The zero-order chi connectivity index (χ0) is 27.1. The molecule has 6 nitrogen and oxygen atoms in total. The van der Waals surface area contributed by atoms with Crippen LogP contribution in [0.2, 0.25) is 0 Å². The number of nitrogens with two attached hydrogens (primary N) is 1. The maximum Gasteiger partial charge on any atom is 0.311 e. The molecule has 0 heterocycles. The van der Waals surface area contributed by atoms with Gasteiger partial charge in [0.1, 0.15) is 11.9 Å². The third-order valence-corrected chi connectivity index (χ3v) is 12.0. The van der Waals surface area contributed by atoms with Gasteiger partial charge in [0.2, 0.25) is 0 Å². The molecule has 0 aromatic carbocycles. The van der Waals surface area contributed by atoms with Crippen LogP contribution < -0.4 is 5.73 Å². The molecule has 4 fully saturated rings. The quantitative estimate of drug-likeness (QED) is 0.413. The molecule has 0 aromatic rings. The van der Waals surface area contributed by atoms with Crippen LogP contribution in [0.5, 0.6) is 0 Å². The molecule has 4 rings (SSSR count). The van der Waals surface area contributed by atoms with E-state index in [1.165, 1.54) is 19.3 Å². The summed E-state index contributed by atoms with van der Waals surface area (Å²) in [5, 5.41) is 9.84. The number of esters is 1. The van der Waals surface area contributed by atoms with Crippen molar-refractivity contribution in [3.63, 3.8) is 0 Å². The molecule has 0 amide bonds. The van der Waals surface area contributed by atoms with E-state index < -0.39 is 24.5 Å². The van der Waals surface area contributed by atoms with Gasteiger partial charge in [-0.15, -0.1) is 0 Å². The summed E-state index contributed by atoms with van der Waals surface area (Å²) in [7, 11) is 0. The zero-order valence-corrected chi connectivity index (χ0v) is 23.8. The Balaban J connectivity index is 1.37. The van der Waals surface area contributed by atoms with E-state index >= 15 is 0 Å². The van der Waals surface area contributed by atoms with Gasteiger partial charge in [0.05, 0.1) is 18.6 Å². The van der Waals surface area contributed by atoms with Gasteiger partial charge < -0.3 is 15.6 Å². The van der Waals surface area contributed by atoms with Crippen LogP contribution in [0.1, 0.15) is 105 Å². The number of hydrogen-bond acceptors (Lipinski definition) is 6. The maximum absolute atomic E-state index is 13.0. The number of hydrogen-bond donors (Lipinski definition) is 2. The third kappa shape index (κ3) is 5.18. The van der Waals surface area contributed by atoms with Crippen LogP contribution in [-0.2, 0) is 19.1 Å². The molecule has 4 saturated carbocycles. The fourth-order valence-electron chi connectivity index (χ4n) is 9.43. The van der Waals surface area contributed by atoms with Gasteiger partial charge in [-0.05, 0) is 105 Å². The van der Waals surface area contributed by atoms with Crippen molar-refractivity contribution in [3.05, 3.63) is 0 Å². The summed E-state index contributed by atoms with van der Waals surface area (Å²) in [6.45, 7) is 10.2. The minimum atomic E-state index is -0.834. The second-order valence-corrected chi connectivity index (χ2v) is 13.7. The highest BCUT2D eigenvalue weighted by molar-refractivity contribution is 5.88. The molecule has 0 aliphatic heterocycles. The number of aliphatic hydroxyl groups excluding tert-OH is 1. The number of aliphatic hydroxyl groups is 1. The normalized spacial score (nSPS) is 41.5. The number of Topliss-reactive ketones (excluding diaryl/α,β-unsaturated/α-hetero) is 2. The lowest BCUT2D eigenvalue weighted by atomic mass is 9.44. The number of ketones is 2. The Morgan fingerprint density at radius 1 is 1.00 bits per heavy atom. The molecule has 0 radical (unpaired) electrons. The topological polar surface area (TPSA) is 107 Å².